The first kappa shape index (κ1) is 17.6. The van der Waals surface area contributed by atoms with Gasteiger partial charge in [-0.1, -0.05) is 48.8 Å². The van der Waals surface area contributed by atoms with Crippen LogP contribution in [0, 0.1) is 11.2 Å². The highest BCUT2D eigenvalue weighted by Gasteiger charge is 2.28. The number of hydrogen-bond donors (Lipinski definition) is 2. The smallest absolute Gasteiger partial charge is 0.234 e. The van der Waals surface area contributed by atoms with E-state index in [0.29, 0.717) is 0 Å². The molecular weight excluding hydrogens is 339 g/mol. The summed E-state index contributed by atoms with van der Waals surface area (Å²) in [6.45, 7) is 6.03. The molecule has 1 rings (SSSR count). The number of anilines is 1. The number of benzene rings is 1. The zero-order chi connectivity index (χ0) is 16.0. The van der Waals surface area contributed by atoms with Gasteiger partial charge in [0.05, 0.1) is 10.5 Å². The lowest BCUT2D eigenvalue weighted by Gasteiger charge is -2.24. The monoisotopic (exact) mass is 358 g/mol. The van der Waals surface area contributed by atoms with Crippen LogP contribution in [0.15, 0.2) is 24.3 Å². The van der Waals surface area contributed by atoms with Gasteiger partial charge in [-0.2, -0.15) is 0 Å². The Kier molecular flexibility index (Phi) is 6.33. The van der Waals surface area contributed by atoms with Gasteiger partial charge >= 0.3 is 0 Å². The topological polar surface area (TPSA) is 58.2 Å². The van der Waals surface area contributed by atoms with Crippen molar-refractivity contribution in [2.45, 2.75) is 32.0 Å². The number of rotatable bonds is 5. The van der Waals surface area contributed by atoms with Crippen LogP contribution in [-0.4, -0.2) is 23.2 Å². The van der Waals surface area contributed by atoms with Crippen molar-refractivity contribution in [2.75, 3.05) is 11.9 Å². The Bertz CT molecular complexity index is 515. The molecule has 0 radical (unpaired) electrons. The maximum Gasteiger partial charge on any atom is 0.234 e. The molecule has 0 aromatic heterocycles. The minimum atomic E-state index is -0.483. The van der Waals surface area contributed by atoms with Crippen molar-refractivity contribution in [3.05, 3.63) is 30.1 Å². The van der Waals surface area contributed by atoms with E-state index in [4.69, 9.17) is 0 Å². The van der Waals surface area contributed by atoms with Crippen LogP contribution in [0.5, 0.6) is 0 Å². The first-order valence-electron chi connectivity index (χ1n) is 6.68. The van der Waals surface area contributed by atoms with Crippen molar-refractivity contribution in [1.82, 2.24) is 5.32 Å². The minimum Gasteiger partial charge on any atom is -0.355 e. The van der Waals surface area contributed by atoms with Gasteiger partial charge in [0.15, 0.2) is 0 Å². The molecule has 6 heteroatoms. The molecule has 1 aromatic rings. The maximum absolute atomic E-state index is 13.3. The maximum atomic E-state index is 13.3. The fourth-order valence-electron chi connectivity index (χ4n) is 1.56. The normalized spacial score (nSPS) is 12.6. The molecule has 4 nitrogen and oxygen atoms in total. The number of amides is 2. The Morgan fingerprint density at radius 2 is 1.90 bits per heavy atom. The molecule has 116 valence electrons. The molecule has 2 N–H and O–H groups in total. The third kappa shape index (κ3) is 5.83. The van der Waals surface area contributed by atoms with Gasteiger partial charge in [0, 0.05) is 13.0 Å². The first-order chi connectivity index (χ1) is 9.71. The van der Waals surface area contributed by atoms with Crippen molar-refractivity contribution >= 4 is 33.4 Å². The molecule has 0 bridgehead atoms. The summed E-state index contributed by atoms with van der Waals surface area (Å²) in [5.41, 5.74) is -0.0682. The second-order valence-electron chi connectivity index (χ2n) is 5.80. The van der Waals surface area contributed by atoms with E-state index in [1.54, 1.807) is 12.1 Å². The summed E-state index contributed by atoms with van der Waals surface area (Å²) in [4.78, 5) is 23.2. The quantitative estimate of drug-likeness (QED) is 0.794. The molecule has 0 saturated carbocycles. The molecule has 0 aliphatic heterocycles. The molecule has 0 aliphatic carbocycles. The molecule has 2 amide bonds. The summed E-state index contributed by atoms with van der Waals surface area (Å²) in [7, 11) is 0. The molecule has 21 heavy (non-hydrogen) atoms. The lowest BCUT2D eigenvalue weighted by atomic mass is 9.92. The summed E-state index contributed by atoms with van der Waals surface area (Å²) in [5, 5.41) is 5.15. The predicted octanol–water partition coefficient (Wildman–Crippen LogP) is 3.08. The van der Waals surface area contributed by atoms with Crippen LogP contribution in [0.1, 0.15) is 27.2 Å². The van der Waals surface area contributed by atoms with Gasteiger partial charge < -0.3 is 10.6 Å². The number of para-hydroxylation sites is 1. The Labute approximate surface area is 132 Å². The molecular formula is C15H20BrFN2O2. The zero-order valence-corrected chi connectivity index (χ0v) is 14.0. The van der Waals surface area contributed by atoms with Crippen LogP contribution in [-0.2, 0) is 9.59 Å². The Morgan fingerprint density at radius 3 is 2.48 bits per heavy atom. The van der Waals surface area contributed by atoms with Gasteiger partial charge in [-0.3, -0.25) is 9.59 Å². The Balaban J connectivity index is 2.38. The van der Waals surface area contributed by atoms with E-state index < -0.39 is 5.82 Å². The van der Waals surface area contributed by atoms with Gasteiger partial charge in [-0.15, -0.1) is 0 Å². The van der Waals surface area contributed by atoms with E-state index in [9.17, 15) is 14.0 Å². The fourth-order valence-corrected chi connectivity index (χ4v) is 1.72. The van der Waals surface area contributed by atoms with E-state index >= 15 is 0 Å². The third-order valence-corrected chi connectivity index (χ3v) is 4.58. The summed E-state index contributed by atoms with van der Waals surface area (Å²) in [6.07, 6.45) is 0.0872. The number of alkyl halides is 1. The van der Waals surface area contributed by atoms with Crippen LogP contribution < -0.4 is 10.6 Å². The number of halogens is 2. The zero-order valence-electron chi connectivity index (χ0n) is 12.4. The second-order valence-corrected chi connectivity index (χ2v) is 6.71. The number of carbonyl (C=O) groups excluding carboxylic acids is 2. The van der Waals surface area contributed by atoms with Crippen molar-refractivity contribution in [2.24, 2.45) is 5.41 Å². The summed E-state index contributed by atoms with van der Waals surface area (Å²) < 4.78 is 13.3. The van der Waals surface area contributed by atoms with Crippen LogP contribution >= 0.6 is 15.9 Å². The third-order valence-electron chi connectivity index (χ3n) is 2.79. The Morgan fingerprint density at radius 1 is 1.29 bits per heavy atom. The van der Waals surface area contributed by atoms with Crippen LogP contribution in [0.3, 0.4) is 0 Å². The average Bonchev–Trinajstić information content (AvgIpc) is 2.39. The van der Waals surface area contributed by atoms with Crippen LogP contribution in [0.25, 0.3) is 0 Å². The van der Waals surface area contributed by atoms with Gasteiger partial charge in [-0.05, 0) is 17.5 Å². The fraction of sp³-hybridized carbons (Fsp3) is 0.467. The summed E-state index contributed by atoms with van der Waals surface area (Å²) in [5.74, 6) is -0.994. The van der Waals surface area contributed by atoms with Gasteiger partial charge in [0.25, 0.3) is 0 Å². The highest BCUT2D eigenvalue weighted by atomic mass is 79.9. The van der Waals surface area contributed by atoms with Crippen LogP contribution in [0.4, 0.5) is 10.1 Å². The number of carbonyl (C=O) groups is 2. The van der Waals surface area contributed by atoms with E-state index in [1.807, 2.05) is 20.8 Å². The standard InChI is InChI=1S/C15H20BrFN2O2/c1-15(2,3)13(16)14(21)18-9-8-12(20)19-11-7-5-4-6-10(11)17/h4-7,13H,8-9H2,1-3H3,(H,18,21)(H,19,20). The van der Waals surface area contributed by atoms with E-state index in [2.05, 4.69) is 26.6 Å². The number of hydrogen-bond acceptors (Lipinski definition) is 2. The van der Waals surface area contributed by atoms with Crippen molar-refractivity contribution in [1.29, 1.82) is 0 Å². The van der Waals surface area contributed by atoms with Gasteiger partial charge in [-0.25, -0.2) is 4.39 Å². The van der Waals surface area contributed by atoms with E-state index in [-0.39, 0.29) is 40.7 Å². The van der Waals surface area contributed by atoms with E-state index in [1.165, 1.54) is 12.1 Å². The summed E-state index contributed by atoms with van der Waals surface area (Å²) >= 11 is 3.33. The van der Waals surface area contributed by atoms with Crippen molar-refractivity contribution in [3.63, 3.8) is 0 Å². The molecule has 0 spiro atoms. The highest BCUT2D eigenvalue weighted by Crippen LogP contribution is 2.25. The van der Waals surface area contributed by atoms with Gasteiger partial charge in [0.2, 0.25) is 11.8 Å². The van der Waals surface area contributed by atoms with Gasteiger partial charge in [0.1, 0.15) is 5.82 Å². The SMILES string of the molecule is CC(C)(C)C(Br)C(=O)NCCC(=O)Nc1ccccc1F. The van der Waals surface area contributed by atoms with Crippen molar-refractivity contribution < 1.29 is 14.0 Å². The molecule has 0 fully saturated rings. The molecule has 1 unspecified atom stereocenters. The average molecular weight is 359 g/mol. The lowest BCUT2D eigenvalue weighted by molar-refractivity contribution is -0.122. The molecule has 1 aromatic carbocycles. The molecule has 0 aliphatic rings. The number of nitrogens with one attached hydrogen (secondary N) is 2. The molecule has 0 heterocycles. The predicted molar refractivity (Wildman–Crippen MR) is 84.8 cm³/mol. The highest BCUT2D eigenvalue weighted by molar-refractivity contribution is 9.10. The first-order valence-corrected chi connectivity index (χ1v) is 7.59. The minimum absolute atomic E-state index is 0.0872. The molecule has 1 atom stereocenters. The molecule has 0 saturated heterocycles. The lowest BCUT2D eigenvalue weighted by Crippen LogP contribution is -2.39. The Hall–Kier alpha value is -1.43. The second kappa shape index (κ2) is 7.54. The largest absolute Gasteiger partial charge is 0.355 e. The summed E-state index contributed by atoms with van der Waals surface area (Å²) in [6, 6.07) is 5.95. The van der Waals surface area contributed by atoms with Crippen molar-refractivity contribution in [3.8, 4) is 0 Å². The van der Waals surface area contributed by atoms with Crippen LogP contribution in [0.2, 0.25) is 0 Å². The van der Waals surface area contributed by atoms with E-state index in [0.717, 1.165) is 0 Å².